The number of thioether (sulfide) groups is 1. The lowest BCUT2D eigenvalue weighted by molar-refractivity contribution is -0.150. The predicted molar refractivity (Wildman–Crippen MR) is 113 cm³/mol. The summed E-state index contributed by atoms with van der Waals surface area (Å²) < 4.78 is 5.14. The molecule has 9 heteroatoms. The van der Waals surface area contributed by atoms with E-state index in [4.69, 9.17) is 16.3 Å². The first-order valence-electron chi connectivity index (χ1n) is 9.61. The van der Waals surface area contributed by atoms with Gasteiger partial charge in [-0.05, 0) is 44.4 Å². The molecule has 0 spiro atoms. The van der Waals surface area contributed by atoms with Crippen molar-refractivity contribution in [2.75, 3.05) is 18.9 Å². The van der Waals surface area contributed by atoms with Crippen molar-refractivity contribution in [1.29, 1.82) is 0 Å². The Morgan fingerprint density at radius 1 is 1.34 bits per heavy atom. The van der Waals surface area contributed by atoms with E-state index in [1.54, 1.807) is 25.6 Å². The minimum atomic E-state index is -0.997. The average Bonchev–Trinajstić information content (AvgIpc) is 3.18. The van der Waals surface area contributed by atoms with E-state index in [-0.39, 0.29) is 12.5 Å². The van der Waals surface area contributed by atoms with Gasteiger partial charge in [0.15, 0.2) is 0 Å². The van der Waals surface area contributed by atoms with Crippen molar-refractivity contribution in [2.45, 2.75) is 50.6 Å². The Morgan fingerprint density at radius 3 is 2.66 bits per heavy atom. The number of halogens is 1. The van der Waals surface area contributed by atoms with Crippen molar-refractivity contribution in [3.8, 4) is 0 Å². The van der Waals surface area contributed by atoms with E-state index in [1.807, 2.05) is 24.3 Å². The first-order valence-corrected chi connectivity index (χ1v) is 11.1. The highest BCUT2D eigenvalue weighted by molar-refractivity contribution is 7.98. The van der Waals surface area contributed by atoms with Gasteiger partial charge < -0.3 is 14.7 Å². The van der Waals surface area contributed by atoms with E-state index < -0.39 is 30.1 Å². The molecule has 1 fully saturated rings. The molecule has 1 amide bonds. The minimum absolute atomic E-state index is 0.244. The zero-order valence-corrected chi connectivity index (χ0v) is 18.2. The monoisotopic (exact) mass is 442 g/mol. The van der Waals surface area contributed by atoms with Crippen LogP contribution in [0.1, 0.15) is 32.3 Å². The number of carboxylic acids is 1. The van der Waals surface area contributed by atoms with Crippen molar-refractivity contribution < 1.29 is 24.2 Å². The molecule has 0 aromatic heterocycles. The molecule has 0 radical (unpaired) electrons. The number of benzene rings is 1. The van der Waals surface area contributed by atoms with Crippen LogP contribution in [0.4, 0.5) is 0 Å². The maximum absolute atomic E-state index is 12.7. The zero-order chi connectivity index (χ0) is 21.4. The van der Waals surface area contributed by atoms with Crippen LogP contribution < -0.4 is 5.32 Å². The second kappa shape index (κ2) is 11.4. The number of carbonyl (C=O) groups excluding carboxylic acids is 2. The van der Waals surface area contributed by atoms with Crippen molar-refractivity contribution in [1.82, 2.24) is 10.2 Å². The number of nitrogens with zero attached hydrogens (tertiary/aromatic N) is 1. The van der Waals surface area contributed by atoms with Gasteiger partial charge in [0, 0.05) is 23.1 Å². The third-order valence-corrected chi connectivity index (χ3v) is 6.04. The summed E-state index contributed by atoms with van der Waals surface area (Å²) in [6, 6.07) is 5.31. The molecule has 0 bridgehead atoms. The van der Waals surface area contributed by atoms with Crippen LogP contribution in [0.25, 0.3) is 0 Å². The number of rotatable bonds is 10. The normalized spacial score (nSPS) is 18.3. The lowest BCUT2D eigenvalue weighted by atomic mass is 10.2. The smallest absolute Gasteiger partial charge is 0.326 e. The Morgan fingerprint density at radius 2 is 2.03 bits per heavy atom. The van der Waals surface area contributed by atoms with Gasteiger partial charge in [0.05, 0.1) is 12.6 Å². The number of ether oxygens (including phenoxy) is 1. The Kier molecular flexibility index (Phi) is 9.26. The average molecular weight is 443 g/mol. The highest BCUT2D eigenvalue weighted by atomic mass is 35.5. The standard InChI is InChI=1S/C20H27ClN2O5S/c1-3-28-20(27)16(12-29-11-14-6-8-15(21)9-7-14)22-13(2)18(24)23-10-4-5-17(23)19(25)26/h6-9,13,16-17,22H,3-5,10-12H2,1-2H3,(H,25,26)/t13?,16-,17+/m1/s1. The Hall–Kier alpha value is -1.77. The van der Waals surface area contributed by atoms with Gasteiger partial charge in [-0.3, -0.25) is 14.9 Å². The van der Waals surface area contributed by atoms with Gasteiger partial charge in [-0.2, -0.15) is 11.8 Å². The van der Waals surface area contributed by atoms with Gasteiger partial charge in [0.1, 0.15) is 12.1 Å². The quantitative estimate of drug-likeness (QED) is 0.537. The second-order valence-electron chi connectivity index (χ2n) is 6.86. The molecule has 1 unspecified atom stereocenters. The van der Waals surface area contributed by atoms with Crippen LogP contribution in [0.3, 0.4) is 0 Å². The number of nitrogens with one attached hydrogen (secondary N) is 1. The van der Waals surface area contributed by atoms with Gasteiger partial charge in [-0.1, -0.05) is 23.7 Å². The van der Waals surface area contributed by atoms with Gasteiger partial charge in [0.2, 0.25) is 5.91 Å². The van der Waals surface area contributed by atoms with E-state index >= 15 is 0 Å². The van der Waals surface area contributed by atoms with Crippen LogP contribution in [0.5, 0.6) is 0 Å². The molecule has 2 rings (SSSR count). The Bertz CT molecular complexity index is 715. The summed E-state index contributed by atoms with van der Waals surface area (Å²) in [5.74, 6) is -0.631. The maximum Gasteiger partial charge on any atom is 0.326 e. The molecule has 29 heavy (non-hydrogen) atoms. The molecule has 0 aliphatic carbocycles. The fraction of sp³-hybridized carbons (Fsp3) is 0.550. The highest BCUT2D eigenvalue weighted by Gasteiger charge is 2.37. The molecule has 0 saturated carbocycles. The topological polar surface area (TPSA) is 95.9 Å². The summed E-state index contributed by atoms with van der Waals surface area (Å²) in [4.78, 5) is 37.8. The number of hydrogen-bond donors (Lipinski definition) is 2. The van der Waals surface area contributed by atoms with E-state index in [2.05, 4.69) is 5.32 Å². The first kappa shape index (κ1) is 23.5. The number of hydrogen-bond acceptors (Lipinski definition) is 6. The van der Waals surface area contributed by atoms with Crippen LogP contribution in [0.2, 0.25) is 5.02 Å². The van der Waals surface area contributed by atoms with E-state index in [0.717, 1.165) is 5.56 Å². The molecule has 3 atom stereocenters. The molecule has 2 N–H and O–H groups in total. The number of likely N-dealkylation sites (tertiary alicyclic amines) is 1. The van der Waals surface area contributed by atoms with Gasteiger partial charge >= 0.3 is 11.9 Å². The lowest BCUT2D eigenvalue weighted by Crippen LogP contribution is -2.54. The summed E-state index contributed by atoms with van der Waals surface area (Å²) in [7, 11) is 0. The summed E-state index contributed by atoms with van der Waals surface area (Å²) >= 11 is 7.43. The lowest BCUT2D eigenvalue weighted by Gasteiger charge is -2.27. The SMILES string of the molecule is CCOC(=O)[C@@H](CSCc1ccc(Cl)cc1)NC(C)C(=O)N1CCC[C@H]1C(=O)O. The molecule has 1 saturated heterocycles. The summed E-state index contributed by atoms with van der Waals surface area (Å²) in [5.41, 5.74) is 1.08. The van der Waals surface area contributed by atoms with Crippen LogP contribution >= 0.6 is 23.4 Å². The van der Waals surface area contributed by atoms with Gasteiger partial charge in [-0.15, -0.1) is 0 Å². The van der Waals surface area contributed by atoms with Crippen LogP contribution in [-0.4, -0.2) is 64.9 Å². The molecular formula is C20H27ClN2O5S. The third kappa shape index (κ3) is 6.90. The number of aliphatic carboxylic acids is 1. The zero-order valence-electron chi connectivity index (χ0n) is 16.6. The highest BCUT2D eigenvalue weighted by Crippen LogP contribution is 2.20. The Labute approximate surface area is 180 Å². The molecule has 1 heterocycles. The van der Waals surface area contributed by atoms with Crippen molar-refractivity contribution >= 4 is 41.2 Å². The van der Waals surface area contributed by atoms with Crippen molar-refractivity contribution in [2.24, 2.45) is 0 Å². The molecule has 1 aliphatic rings. The Balaban J connectivity index is 1.95. The fourth-order valence-electron chi connectivity index (χ4n) is 3.21. The van der Waals surface area contributed by atoms with Crippen LogP contribution in [0, 0.1) is 0 Å². The molecule has 1 aliphatic heterocycles. The van der Waals surface area contributed by atoms with E-state index in [0.29, 0.717) is 35.9 Å². The molecule has 1 aromatic carbocycles. The van der Waals surface area contributed by atoms with Crippen molar-refractivity contribution in [3.05, 3.63) is 34.9 Å². The van der Waals surface area contributed by atoms with Gasteiger partial charge in [0.25, 0.3) is 0 Å². The molecule has 1 aromatic rings. The summed E-state index contributed by atoms with van der Waals surface area (Å²) in [6.45, 7) is 4.04. The van der Waals surface area contributed by atoms with Crippen LogP contribution in [-0.2, 0) is 24.9 Å². The number of carbonyl (C=O) groups is 3. The van der Waals surface area contributed by atoms with Crippen molar-refractivity contribution in [3.63, 3.8) is 0 Å². The summed E-state index contributed by atoms with van der Waals surface area (Å²) in [6.07, 6.45) is 1.11. The second-order valence-corrected chi connectivity index (χ2v) is 8.33. The molecule has 160 valence electrons. The number of amides is 1. The maximum atomic E-state index is 12.7. The molecule has 7 nitrogen and oxygen atoms in total. The number of esters is 1. The molecular weight excluding hydrogens is 416 g/mol. The van der Waals surface area contributed by atoms with E-state index in [9.17, 15) is 19.5 Å². The predicted octanol–water partition coefficient (Wildman–Crippen LogP) is 2.56. The van der Waals surface area contributed by atoms with Gasteiger partial charge in [-0.25, -0.2) is 4.79 Å². The fourth-order valence-corrected chi connectivity index (χ4v) is 4.35. The first-order chi connectivity index (χ1) is 13.8. The van der Waals surface area contributed by atoms with E-state index in [1.165, 1.54) is 4.90 Å². The summed E-state index contributed by atoms with van der Waals surface area (Å²) in [5, 5.41) is 13.0. The third-order valence-electron chi connectivity index (χ3n) is 4.68. The minimum Gasteiger partial charge on any atom is -0.480 e. The van der Waals surface area contributed by atoms with Crippen LogP contribution in [0.15, 0.2) is 24.3 Å². The largest absolute Gasteiger partial charge is 0.480 e. The number of carboxylic acid groups (broad SMARTS) is 1.